The molecule has 9 heteroatoms. The van der Waals surface area contributed by atoms with Crippen LogP contribution in [0.1, 0.15) is 28.5 Å². The predicted octanol–water partition coefficient (Wildman–Crippen LogP) is 2.67. The summed E-state index contributed by atoms with van der Waals surface area (Å²) in [7, 11) is 3.86. The van der Waals surface area contributed by atoms with Crippen molar-refractivity contribution >= 4 is 29.4 Å². The number of anilines is 1. The minimum atomic E-state index is -0.416. The SMILES string of the molecule is CN(C)CCNC(=O)c1cccc(NC(=O)N[C@H]2CCOc3c(Cl)cccc32)n1. The highest BCUT2D eigenvalue weighted by atomic mass is 35.5. The van der Waals surface area contributed by atoms with E-state index in [-0.39, 0.29) is 17.6 Å². The summed E-state index contributed by atoms with van der Waals surface area (Å²) in [5, 5.41) is 8.91. The Balaban J connectivity index is 1.61. The van der Waals surface area contributed by atoms with Gasteiger partial charge < -0.3 is 20.3 Å². The fourth-order valence-electron chi connectivity index (χ4n) is 2.96. The quantitative estimate of drug-likeness (QED) is 0.671. The number of carbonyl (C=O) groups is 2. The van der Waals surface area contributed by atoms with E-state index >= 15 is 0 Å². The van der Waals surface area contributed by atoms with Gasteiger partial charge in [0.2, 0.25) is 0 Å². The van der Waals surface area contributed by atoms with Crippen molar-refractivity contribution in [3.05, 3.63) is 52.7 Å². The number of pyridine rings is 1. The van der Waals surface area contributed by atoms with Crippen molar-refractivity contribution in [3.8, 4) is 5.75 Å². The number of halogens is 1. The van der Waals surface area contributed by atoms with Crippen LogP contribution in [0.5, 0.6) is 5.75 Å². The van der Waals surface area contributed by atoms with Crippen molar-refractivity contribution in [3.63, 3.8) is 0 Å². The fourth-order valence-corrected chi connectivity index (χ4v) is 3.20. The molecule has 0 saturated carbocycles. The molecule has 1 aromatic heterocycles. The van der Waals surface area contributed by atoms with Crippen LogP contribution in [0, 0.1) is 0 Å². The molecule has 0 bridgehead atoms. The molecule has 2 aromatic rings. The van der Waals surface area contributed by atoms with E-state index in [4.69, 9.17) is 16.3 Å². The third-order valence-electron chi connectivity index (χ3n) is 4.40. The fraction of sp³-hybridized carbons (Fsp3) is 0.350. The number of fused-ring (bicyclic) bond motifs is 1. The Morgan fingerprint density at radius 2 is 2.03 bits per heavy atom. The van der Waals surface area contributed by atoms with Crippen LogP contribution >= 0.6 is 11.6 Å². The zero-order valence-electron chi connectivity index (χ0n) is 16.4. The molecule has 2 heterocycles. The van der Waals surface area contributed by atoms with Crippen molar-refractivity contribution in [2.75, 3.05) is 39.1 Å². The number of carbonyl (C=O) groups excluding carboxylic acids is 2. The Hall–Kier alpha value is -2.84. The predicted molar refractivity (Wildman–Crippen MR) is 112 cm³/mol. The monoisotopic (exact) mass is 417 g/mol. The van der Waals surface area contributed by atoms with E-state index in [1.54, 1.807) is 24.3 Å². The summed E-state index contributed by atoms with van der Waals surface area (Å²) < 4.78 is 5.61. The number of rotatable bonds is 6. The zero-order valence-corrected chi connectivity index (χ0v) is 17.1. The molecule has 29 heavy (non-hydrogen) atoms. The molecular formula is C20H24ClN5O3. The Labute approximate surface area is 174 Å². The van der Waals surface area contributed by atoms with Gasteiger partial charge in [0.15, 0.2) is 0 Å². The summed E-state index contributed by atoms with van der Waals surface area (Å²) in [5.41, 5.74) is 1.07. The van der Waals surface area contributed by atoms with Gasteiger partial charge in [0, 0.05) is 25.1 Å². The molecular weight excluding hydrogens is 394 g/mol. The molecule has 0 saturated heterocycles. The van der Waals surface area contributed by atoms with Gasteiger partial charge in [-0.25, -0.2) is 9.78 Å². The van der Waals surface area contributed by atoms with Crippen LogP contribution < -0.4 is 20.7 Å². The van der Waals surface area contributed by atoms with Crippen molar-refractivity contribution < 1.29 is 14.3 Å². The van der Waals surface area contributed by atoms with Gasteiger partial charge in [0.25, 0.3) is 5.91 Å². The number of nitrogens with one attached hydrogen (secondary N) is 3. The van der Waals surface area contributed by atoms with Gasteiger partial charge in [-0.05, 0) is 32.3 Å². The number of para-hydroxylation sites is 1. The van der Waals surface area contributed by atoms with Crippen molar-refractivity contribution in [2.45, 2.75) is 12.5 Å². The lowest BCUT2D eigenvalue weighted by molar-refractivity contribution is 0.0946. The Kier molecular flexibility index (Phi) is 6.90. The highest BCUT2D eigenvalue weighted by molar-refractivity contribution is 6.32. The molecule has 0 aliphatic carbocycles. The van der Waals surface area contributed by atoms with Gasteiger partial charge in [-0.2, -0.15) is 0 Å². The van der Waals surface area contributed by atoms with E-state index < -0.39 is 6.03 Å². The molecule has 154 valence electrons. The standard InChI is InChI=1S/C20H24ClN5O3/c1-26(2)11-10-22-19(27)16-7-4-8-17(23-16)25-20(28)24-15-9-12-29-18-13(15)5-3-6-14(18)21/h3-8,15H,9-12H2,1-2H3,(H,22,27)(H2,23,24,25,28)/t15-/m0/s1. The first-order valence-corrected chi connectivity index (χ1v) is 9.70. The van der Waals surface area contributed by atoms with Gasteiger partial charge in [-0.1, -0.05) is 29.8 Å². The number of likely N-dealkylation sites (N-methyl/N-ethyl adjacent to an activating group) is 1. The molecule has 8 nitrogen and oxygen atoms in total. The third kappa shape index (κ3) is 5.58. The first-order chi connectivity index (χ1) is 13.9. The van der Waals surface area contributed by atoms with E-state index in [2.05, 4.69) is 20.9 Å². The summed E-state index contributed by atoms with van der Waals surface area (Å²) >= 11 is 6.17. The average molecular weight is 418 g/mol. The first kappa shape index (κ1) is 20.9. The normalized spacial score (nSPS) is 15.2. The maximum absolute atomic E-state index is 12.5. The average Bonchev–Trinajstić information content (AvgIpc) is 2.68. The van der Waals surface area contributed by atoms with Crippen molar-refractivity contribution in [1.82, 2.24) is 20.5 Å². The summed E-state index contributed by atoms with van der Waals surface area (Å²) in [4.78, 5) is 30.9. The number of benzene rings is 1. The second-order valence-corrected chi connectivity index (χ2v) is 7.32. The summed E-state index contributed by atoms with van der Waals surface area (Å²) in [6.07, 6.45) is 0.627. The van der Waals surface area contributed by atoms with Crippen LogP contribution in [0.15, 0.2) is 36.4 Å². The van der Waals surface area contributed by atoms with E-state index in [0.29, 0.717) is 36.2 Å². The van der Waals surface area contributed by atoms with Crippen LogP contribution in [0.3, 0.4) is 0 Å². The maximum atomic E-state index is 12.5. The zero-order chi connectivity index (χ0) is 20.8. The largest absolute Gasteiger partial charge is 0.492 e. The highest BCUT2D eigenvalue weighted by Crippen LogP contribution is 2.37. The molecule has 0 unspecified atom stereocenters. The molecule has 0 spiro atoms. The molecule has 1 aromatic carbocycles. The maximum Gasteiger partial charge on any atom is 0.320 e. The summed E-state index contributed by atoms with van der Waals surface area (Å²) in [5.74, 6) is 0.602. The number of urea groups is 1. The van der Waals surface area contributed by atoms with Gasteiger partial charge in [-0.15, -0.1) is 0 Å². The smallest absolute Gasteiger partial charge is 0.320 e. The number of aromatic nitrogens is 1. The molecule has 3 amide bonds. The lowest BCUT2D eigenvalue weighted by atomic mass is 10.0. The number of hydrogen-bond donors (Lipinski definition) is 3. The van der Waals surface area contributed by atoms with Gasteiger partial charge in [0.05, 0.1) is 17.7 Å². The van der Waals surface area contributed by atoms with Crippen molar-refractivity contribution in [1.29, 1.82) is 0 Å². The second kappa shape index (κ2) is 9.58. The van der Waals surface area contributed by atoms with Crippen LogP contribution in [0.4, 0.5) is 10.6 Å². The van der Waals surface area contributed by atoms with Crippen LogP contribution in [-0.2, 0) is 0 Å². The van der Waals surface area contributed by atoms with Crippen molar-refractivity contribution in [2.24, 2.45) is 0 Å². The van der Waals surface area contributed by atoms with E-state index in [9.17, 15) is 9.59 Å². The van der Waals surface area contributed by atoms with Gasteiger partial charge in [-0.3, -0.25) is 10.1 Å². The molecule has 1 aliphatic rings. The molecule has 0 radical (unpaired) electrons. The Morgan fingerprint density at radius 1 is 1.24 bits per heavy atom. The van der Waals surface area contributed by atoms with Crippen LogP contribution in [0.2, 0.25) is 5.02 Å². The van der Waals surface area contributed by atoms with E-state index in [0.717, 1.165) is 12.1 Å². The van der Waals surface area contributed by atoms with Crippen LogP contribution in [-0.4, -0.2) is 55.6 Å². The number of amides is 3. The summed E-state index contributed by atoms with van der Waals surface area (Å²) in [6, 6.07) is 9.71. The first-order valence-electron chi connectivity index (χ1n) is 9.33. The molecule has 3 rings (SSSR count). The lowest BCUT2D eigenvalue weighted by Crippen LogP contribution is -2.35. The number of hydrogen-bond acceptors (Lipinski definition) is 5. The molecule has 1 aliphatic heterocycles. The molecule has 0 fully saturated rings. The minimum absolute atomic E-state index is 0.227. The van der Waals surface area contributed by atoms with Gasteiger partial charge in [0.1, 0.15) is 17.3 Å². The van der Waals surface area contributed by atoms with E-state index in [1.807, 2.05) is 31.1 Å². The topological polar surface area (TPSA) is 95.6 Å². The van der Waals surface area contributed by atoms with Gasteiger partial charge >= 0.3 is 6.03 Å². The molecule has 3 N–H and O–H groups in total. The van der Waals surface area contributed by atoms with Crippen LogP contribution in [0.25, 0.3) is 0 Å². The number of ether oxygens (including phenoxy) is 1. The molecule has 1 atom stereocenters. The minimum Gasteiger partial charge on any atom is -0.492 e. The summed E-state index contributed by atoms with van der Waals surface area (Å²) in [6.45, 7) is 1.70. The Morgan fingerprint density at radius 3 is 2.83 bits per heavy atom. The number of nitrogens with zero attached hydrogens (tertiary/aromatic N) is 2. The highest BCUT2D eigenvalue weighted by Gasteiger charge is 2.24. The lowest BCUT2D eigenvalue weighted by Gasteiger charge is -2.27. The third-order valence-corrected chi connectivity index (χ3v) is 4.70. The second-order valence-electron chi connectivity index (χ2n) is 6.91. The Bertz CT molecular complexity index is 890. The van der Waals surface area contributed by atoms with E-state index in [1.165, 1.54) is 0 Å².